The SMILES string of the molecule is CC(C)[C@H](N)CNCc1ccc2c(c1)CN(C1CCC(=O)NC1=O)C2=O. The standard InChI is InChI=1S/C19H26N4O3/c1-11(2)15(20)9-21-8-12-3-4-14-13(7-12)10-23(19(14)26)16-5-6-17(24)22-18(16)25/h3-4,7,11,15-16,21H,5-6,8-10,20H2,1-2H3,(H,22,24,25)/t15-,16?/m1/s1. The first-order chi connectivity index (χ1) is 12.4. The summed E-state index contributed by atoms with van der Waals surface area (Å²) in [5, 5.41) is 5.67. The number of carbonyl (C=O) groups excluding carboxylic acids is 3. The van der Waals surface area contributed by atoms with Crippen LogP contribution in [0, 0.1) is 5.92 Å². The first kappa shape index (κ1) is 18.5. The van der Waals surface area contributed by atoms with Crippen molar-refractivity contribution in [3.05, 3.63) is 34.9 Å². The van der Waals surface area contributed by atoms with Gasteiger partial charge in [0.2, 0.25) is 11.8 Å². The molecule has 3 rings (SSSR count). The molecule has 0 saturated carbocycles. The minimum absolute atomic E-state index is 0.106. The molecule has 4 N–H and O–H groups in total. The maximum atomic E-state index is 12.6. The summed E-state index contributed by atoms with van der Waals surface area (Å²) in [6.07, 6.45) is 0.647. The predicted octanol–water partition coefficient (Wildman–Crippen LogP) is 0.521. The van der Waals surface area contributed by atoms with Gasteiger partial charge < -0.3 is 16.0 Å². The first-order valence-electron chi connectivity index (χ1n) is 9.09. The Hall–Kier alpha value is -2.25. The van der Waals surface area contributed by atoms with Gasteiger partial charge in [-0.15, -0.1) is 0 Å². The number of piperidine rings is 1. The van der Waals surface area contributed by atoms with Crippen LogP contribution in [-0.2, 0) is 22.7 Å². The third-order valence-electron chi connectivity index (χ3n) is 5.15. The van der Waals surface area contributed by atoms with Gasteiger partial charge in [-0.05, 0) is 29.5 Å². The number of carbonyl (C=O) groups is 3. The van der Waals surface area contributed by atoms with E-state index in [2.05, 4.69) is 24.5 Å². The van der Waals surface area contributed by atoms with Crippen molar-refractivity contribution in [1.29, 1.82) is 0 Å². The molecule has 2 aliphatic heterocycles. The lowest BCUT2D eigenvalue weighted by molar-refractivity contribution is -0.136. The molecule has 0 radical (unpaired) electrons. The number of nitrogens with one attached hydrogen (secondary N) is 2. The molecular weight excluding hydrogens is 332 g/mol. The molecule has 1 aromatic rings. The van der Waals surface area contributed by atoms with Gasteiger partial charge >= 0.3 is 0 Å². The van der Waals surface area contributed by atoms with Gasteiger partial charge in [-0.1, -0.05) is 26.0 Å². The molecule has 2 heterocycles. The molecule has 0 spiro atoms. The number of amides is 3. The normalized spacial score (nSPS) is 21.2. The van der Waals surface area contributed by atoms with Crippen LogP contribution < -0.4 is 16.4 Å². The van der Waals surface area contributed by atoms with Gasteiger partial charge in [0.05, 0.1) is 0 Å². The zero-order chi connectivity index (χ0) is 18.8. The van der Waals surface area contributed by atoms with E-state index in [-0.39, 0.29) is 30.2 Å². The van der Waals surface area contributed by atoms with Crippen LogP contribution in [0.1, 0.15) is 48.2 Å². The maximum absolute atomic E-state index is 12.6. The third kappa shape index (κ3) is 3.78. The second kappa shape index (κ2) is 7.55. The summed E-state index contributed by atoms with van der Waals surface area (Å²) in [4.78, 5) is 37.6. The van der Waals surface area contributed by atoms with E-state index in [1.54, 1.807) is 4.90 Å². The third-order valence-corrected chi connectivity index (χ3v) is 5.15. The number of nitrogens with zero attached hydrogens (tertiary/aromatic N) is 1. The Balaban J connectivity index is 1.65. The minimum atomic E-state index is -0.571. The van der Waals surface area contributed by atoms with E-state index >= 15 is 0 Å². The molecule has 1 fully saturated rings. The van der Waals surface area contributed by atoms with E-state index in [4.69, 9.17) is 5.73 Å². The highest BCUT2D eigenvalue weighted by atomic mass is 16.2. The molecule has 7 heteroatoms. The average Bonchev–Trinajstić information content (AvgIpc) is 2.91. The Morgan fingerprint density at radius 1 is 1.31 bits per heavy atom. The van der Waals surface area contributed by atoms with Crippen LogP contribution in [0.2, 0.25) is 0 Å². The minimum Gasteiger partial charge on any atom is -0.326 e. The lowest BCUT2D eigenvalue weighted by atomic mass is 10.0. The van der Waals surface area contributed by atoms with Gasteiger partial charge in [-0.25, -0.2) is 0 Å². The van der Waals surface area contributed by atoms with E-state index in [1.807, 2.05) is 18.2 Å². The summed E-state index contributed by atoms with van der Waals surface area (Å²) >= 11 is 0. The van der Waals surface area contributed by atoms with Crippen molar-refractivity contribution < 1.29 is 14.4 Å². The molecule has 26 heavy (non-hydrogen) atoms. The number of fused-ring (bicyclic) bond motifs is 1. The fourth-order valence-electron chi connectivity index (χ4n) is 3.36. The van der Waals surface area contributed by atoms with Crippen molar-refractivity contribution in [3.8, 4) is 0 Å². The molecule has 0 bridgehead atoms. The highest BCUT2D eigenvalue weighted by molar-refractivity contribution is 6.05. The predicted molar refractivity (Wildman–Crippen MR) is 97.0 cm³/mol. The van der Waals surface area contributed by atoms with Crippen molar-refractivity contribution in [2.45, 2.75) is 51.9 Å². The largest absolute Gasteiger partial charge is 0.326 e. The van der Waals surface area contributed by atoms with Crippen molar-refractivity contribution in [1.82, 2.24) is 15.5 Å². The highest BCUT2D eigenvalue weighted by Gasteiger charge is 2.38. The van der Waals surface area contributed by atoms with Crippen LogP contribution in [0.5, 0.6) is 0 Å². The molecule has 1 aromatic carbocycles. The highest BCUT2D eigenvalue weighted by Crippen LogP contribution is 2.28. The van der Waals surface area contributed by atoms with Gasteiger partial charge in [-0.3, -0.25) is 19.7 Å². The van der Waals surface area contributed by atoms with Crippen LogP contribution in [0.15, 0.2) is 18.2 Å². The molecular formula is C19H26N4O3. The number of nitrogens with two attached hydrogens (primary N) is 1. The fourth-order valence-corrected chi connectivity index (χ4v) is 3.36. The molecule has 7 nitrogen and oxygen atoms in total. The zero-order valence-corrected chi connectivity index (χ0v) is 15.2. The summed E-state index contributed by atoms with van der Waals surface area (Å²) in [7, 11) is 0. The zero-order valence-electron chi connectivity index (χ0n) is 15.2. The van der Waals surface area contributed by atoms with E-state index in [0.29, 0.717) is 31.0 Å². The Morgan fingerprint density at radius 3 is 2.77 bits per heavy atom. The summed E-state index contributed by atoms with van der Waals surface area (Å²) in [5.74, 6) is -0.381. The average molecular weight is 358 g/mol. The van der Waals surface area contributed by atoms with E-state index in [0.717, 1.165) is 17.7 Å². The van der Waals surface area contributed by atoms with Gasteiger partial charge in [0.15, 0.2) is 0 Å². The Kier molecular flexibility index (Phi) is 5.38. The van der Waals surface area contributed by atoms with Crippen molar-refractivity contribution in [3.63, 3.8) is 0 Å². The lowest BCUT2D eigenvalue weighted by Gasteiger charge is -2.29. The first-order valence-corrected chi connectivity index (χ1v) is 9.09. The van der Waals surface area contributed by atoms with Crippen molar-refractivity contribution in [2.24, 2.45) is 11.7 Å². The second-order valence-corrected chi connectivity index (χ2v) is 7.43. The molecule has 140 valence electrons. The van der Waals surface area contributed by atoms with E-state index in [1.165, 1.54) is 0 Å². The second-order valence-electron chi connectivity index (χ2n) is 7.43. The molecule has 2 atom stereocenters. The number of imide groups is 1. The Morgan fingerprint density at radius 2 is 2.08 bits per heavy atom. The molecule has 0 aliphatic carbocycles. The molecule has 0 aromatic heterocycles. The Labute approximate surface area is 153 Å². The number of hydrogen-bond donors (Lipinski definition) is 3. The Bertz CT molecular complexity index is 731. The van der Waals surface area contributed by atoms with Gasteiger partial charge in [0, 0.05) is 37.7 Å². The summed E-state index contributed by atoms with van der Waals surface area (Å²) in [6.45, 7) is 6.00. The smallest absolute Gasteiger partial charge is 0.255 e. The van der Waals surface area contributed by atoms with Gasteiger partial charge in [0.25, 0.3) is 5.91 Å². The van der Waals surface area contributed by atoms with E-state index in [9.17, 15) is 14.4 Å². The number of rotatable bonds is 6. The summed E-state index contributed by atoms with van der Waals surface area (Å²) in [6, 6.07) is 5.29. The van der Waals surface area contributed by atoms with Crippen LogP contribution in [-0.4, -0.2) is 41.2 Å². The molecule has 3 amide bonds. The van der Waals surface area contributed by atoms with Crippen LogP contribution in [0.25, 0.3) is 0 Å². The molecule has 1 saturated heterocycles. The van der Waals surface area contributed by atoms with Crippen LogP contribution >= 0.6 is 0 Å². The van der Waals surface area contributed by atoms with Crippen LogP contribution in [0.3, 0.4) is 0 Å². The van der Waals surface area contributed by atoms with Gasteiger partial charge in [0.1, 0.15) is 6.04 Å². The number of benzene rings is 1. The van der Waals surface area contributed by atoms with Gasteiger partial charge in [-0.2, -0.15) is 0 Å². The van der Waals surface area contributed by atoms with E-state index < -0.39 is 6.04 Å². The topological polar surface area (TPSA) is 105 Å². The monoisotopic (exact) mass is 358 g/mol. The fraction of sp³-hybridized carbons (Fsp3) is 0.526. The molecule has 1 unspecified atom stereocenters. The maximum Gasteiger partial charge on any atom is 0.255 e. The number of hydrogen-bond acceptors (Lipinski definition) is 5. The quantitative estimate of drug-likeness (QED) is 0.643. The van der Waals surface area contributed by atoms with Crippen molar-refractivity contribution in [2.75, 3.05) is 6.54 Å². The lowest BCUT2D eigenvalue weighted by Crippen LogP contribution is -2.52. The summed E-state index contributed by atoms with van der Waals surface area (Å²) in [5.41, 5.74) is 8.68. The summed E-state index contributed by atoms with van der Waals surface area (Å²) < 4.78 is 0. The van der Waals surface area contributed by atoms with Crippen molar-refractivity contribution >= 4 is 17.7 Å². The van der Waals surface area contributed by atoms with Crippen LogP contribution in [0.4, 0.5) is 0 Å². The molecule has 2 aliphatic rings.